The number of hydrogen-bond donors (Lipinski definition) is 0. The molecule has 80 valence electrons. The molecule has 1 aromatic carbocycles. The van der Waals surface area contributed by atoms with Crippen molar-refractivity contribution in [2.24, 2.45) is 7.05 Å². The van der Waals surface area contributed by atoms with Gasteiger partial charge >= 0.3 is 0 Å². The maximum absolute atomic E-state index is 5.39. The Morgan fingerprint density at radius 2 is 2.06 bits per heavy atom. The maximum Gasteiger partial charge on any atom is 0.0485 e. The van der Waals surface area contributed by atoms with E-state index in [2.05, 4.69) is 54.8 Å². The van der Waals surface area contributed by atoms with E-state index in [1.54, 1.807) is 0 Å². The van der Waals surface area contributed by atoms with Crippen LogP contribution < -0.4 is 0 Å². The fraction of sp³-hybridized carbons (Fsp3) is 0.200. The highest BCUT2D eigenvalue weighted by atomic mass is 14.9. The summed E-state index contributed by atoms with van der Waals surface area (Å²) in [5, 5.41) is 1.29. The van der Waals surface area contributed by atoms with Crippen molar-refractivity contribution in [1.82, 2.24) is 4.57 Å². The van der Waals surface area contributed by atoms with Crippen molar-refractivity contribution in [3.8, 4) is 12.3 Å². The molecule has 0 aliphatic rings. The first kappa shape index (κ1) is 10.6. The van der Waals surface area contributed by atoms with Crippen molar-refractivity contribution >= 4 is 17.0 Å². The lowest BCUT2D eigenvalue weighted by molar-refractivity contribution is 0.948. The predicted octanol–water partition coefficient (Wildman–Crippen LogP) is 3.52. The summed E-state index contributed by atoms with van der Waals surface area (Å²) in [5.41, 5.74) is 4.68. The summed E-state index contributed by atoms with van der Waals surface area (Å²) < 4.78 is 2.19. The number of hydrogen-bond acceptors (Lipinski definition) is 0. The number of aromatic nitrogens is 1. The Morgan fingerprint density at radius 3 is 2.69 bits per heavy atom. The van der Waals surface area contributed by atoms with Crippen LogP contribution in [0.1, 0.15) is 18.2 Å². The number of para-hydroxylation sites is 1. The molecule has 1 aromatic heterocycles. The van der Waals surface area contributed by atoms with Gasteiger partial charge in [-0.05, 0) is 31.6 Å². The van der Waals surface area contributed by atoms with Crippen LogP contribution in [0.25, 0.3) is 17.0 Å². The van der Waals surface area contributed by atoms with Gasteiger partial charge in [-0.2, -0.15) is 0 Å². The summed E-state index contributed by atoms with van der Waals surface area (Å²) in [6, 6.07) is 8.40. The Balaban J connectivity index is 2.77. The second-order valence-electron chi connectivity index (χ2n) is 4.06. The van der Waals surface area contributed by atoms with E-state index < -0.39 is 0 Å². The van der Waals surface area contributed by atoms with Crippen LogP contribution in [-0.2, 0) is 7.05 Å². The van der Waals surface area contributed by atoms with Gasteiger partial charge in [-0.1, -0.05) is 24.1 Å². The molecule has 1 nitrogen and oxygen atoms in total. The zero-order valence-electron chi connectivity index (χ0n) is 9.91. The molecular weight excluding hydrogens is 194 g/mol. The molecule has 0 atom stereocenters. The average Bonchev–Trinajstić information content (AvgIpc) is 2.55. The van der Waals surface area contributed by atoms with Gasteiger partial charge in [-0.3, -0.25) is 0 Å². The minimum Gasteiger partial charge on any atom is -0.344 e. The van der Waals surface area contributed by atoms with Crippen molar-refractivity contribution in [3.05, 3.63) is 41.1 Å². The van der Waals surface area contributed by atoms with E-state index >= 15 is 0 Å². The fourth-order valence-corrected chi connectivity index (χ4v) is 2.05. The van der Waals surface area contributed by atoms with Crippen molar-refractivity contribution in [1.29, 1.82) is 0 Å². The lowest BCUT2D eigenvalue weighted by Crippen LogP contribution is -1.91. The Bertz CT molecular complexity index is 567. The minimum absolute atomic E-state index is 0.953. The van der Waals surface area contributed by atoms with Crippen LogP contribution in [0, 0.1) is 19.3 Å². The Labute approximate surface area is 96.4 Å². The fourth-order valence-electron chi connectivity index (χ4n) is 2.05. The summed E-state index contributed by atoms with van der Waals surface area (Å²) >= 11 is 0. The van der Waals surface area contributed by atoms with E-state index in [-0.39, 0.29) is 0 Å². The quantitative estimate of drug-likeness (QED) is 0.633. The molecule has 0 aliphatic carbocycles. The van der Waals surface area contributed by atoms with Gasteiger partial charge < -0.3 is 4.57 Å². The average molecular weight is 209 g/mol. The molecule has 0 saturated carbocycles. The van der Waals surface area contributed by atoms with Crippen LogP contribution in [0.5, 0.6) is 0 Å². The van der Waals surface area contributed by atoms with Crippen LogP contribution in [0.2, 0.25) is 0 Å². The van der Waals surface area contributed by atoms with Gasteiger partial charge in [0, 0.05) is 29.2 Å². The Kier molecular flexibility index (Phi) is 2.58. The number of benzene rings is 1. The normalized spacial score (nSPS) is 11.8. The highest BCUT2D eigenvalue weighted by molar-refractivity contribution is 5.88. The number of nitrogens with zero attached hydrogens (tertiary/aromatic N) is 1. The SMILES string of the molecule is C#C/C(C)=C/c1c(C)c2ccccc2n1C. The third-order valence-electron chi connectivity index (χ3n) is 3.00. The van der Waals surface area contributed by atoms with Crippen molar-refractivity contribution in [3.63, 3.8) is 0 Å². The third-order valence-corrected chi connectivity index (χ3v) is 3.00. The van der Waals surface area contributed by atoms with E-state index in [4.69, 9.17) is 6.42 Å². The van der Waals surface area contributed by atoms with Gasteiger partial charge in [0.2, 0.25) is 0 Å². The summed E-state index contributed by atoms with van der Waals surface area (Å²) in [4.78, 5) is 0. The monoisotopic (exact) mass is 209 g/mol. The van der Waals surface area contributed by atoms with Gasteiger partial charge in [0.25, 0.3) is 0 Å². The van der Waals surface area contributed by atoms with Gasteiger partial charge in [-0.25, -0.2) is 0 Å². The zero-order valence-corrected chi connectivity index (χ0v) is 9.91. The van der Waals surface area contributed by atoms with Gasteiger partial charge in [0.15, 0.2) is 0 Å². The Morgan fingerprint density at radius 1 is 1.38 bits per heavy atom. The predicted molar refractivity (Wildman–Crippen MR) is 70.1 cm³/mol. The molecule has 0 bridgehead atoms. The van der Waals surface area contributed by atoms with Crippen molar-refractivity contribution < 1.29 is 0 Å². The van der Waals surface area contributed by atoms with Crippen LogP contribution in [-0.4, -0.2) is 4.57 Å². The summed E-state index contributed by atoms with van der Waals surface area (Å²) in [6.07, 6.45) is 7.45. The molecule has 0 fully saturated rings. The lowest BCUT2D eigenvalue weighted by Gasteiger charge is -2.00. The highest BCUT2D eigenvalue weighted by Crippen LogP contribution is 2.25. The lowest BCUT2D eigenvalue weighted by atomic mass is 10.1. The first-order valence-electron chi connectivity index (χ1n) is 5.34. The van der Waals surface area contributed by atoms with Crippen LogP contribution >= 0.6 is 0 Å². The van der Waals surface area contributed by atoms with E-state index in [0.29, 0.717) is 0 Å². The summed E-state index contributed by atoms with van der Waals surface area (Å²) in [6.45, 7) is 4.09. The number of rotatable bonds is 1. The van der Waals surface area contributed by atoms with Crippen LogP contribution in [0.4, 0.5) is 0 Å². The Hall–Kier alpha value is -1.94. The smallest absolute Gasteiger partial charge is 0.0485 e. The molecular formula is C15H15N. The molecule has 0 amide bonds. The largest absolute Gasteiger partial charge is 0.344 e. The first-order chi connectivity index (χ1) is 7.65. The zero-order chi connectivity index (χ0) is 11.7. The van der Waals surface area contributed by atoms with Gasteiger partial charge in [0.05, 0.1) is 0 Å². The molecule has 0 saturated heterocycles. The number of allylic oxidation sites excluding steroid dienone is 1. The molecule has 0 aliphatic heterocycles. The van der Waals surface area contributed by atoms with Crippen LogP contribution in [0.3, 0.4) is 0 Å². The molecule has 0 spiro atoms. The number of fused-ring (bicyclic) bond motifs is 1. The van der Waals surface area contributed by atoms with Crippen molar-refractivity contribution in [2.75, 3.05) is 0 Å². The summed E-state index contributed by atoms with van der Waals surface area (Å²) in [5.74, 6) is 2.66. The second-order valence-corrected chi connectivity index (χ2v) is 4.06. The van der Waals surface area contributed by atoms with Crippen LogP contribution in [0.15, 0.2) is 29.8 Å². The number of aryl methyl sites for hydroxylation is 2. The molecule has 0 N–H and O–H groups in total. The van der Waals surface area contributed by atoms with Gasteiger partial charge in [0.1, 0.15) is 0 Å². The molecule has 2 rings (SSSR count). The number of terminal acetylenes is 1. The molecule has 0 unspecified atom stereocenters. The maximum atomic E-state index is 5.39. The molecule has 2 aromatic rings. The molecule has 16 heavy (non-hydrogen) atoms. The topological polar surface area (TPSA) is 4.93 Å². The standard InChI is InChI=1S/C15H15N/c1-5-11(2)10-15-12(3)13-8-6-7-9-14(13)16(15)4/h1,6-10H,2-4H3/b11-10+. The third kappa shape index (κ3) is 1.53. The molecule has 1 heteroatoms. The van der Waals surface area contributed by atoms with E-state index in [9.17, 15) is 0 Å². The highest BCUT2D eigenvalue weighted by Gasteiger charge is 2.08. The van der Waals surface area contributed by atoms with E-state index in [0.717, 1.165) is 5.57 Å². The van der Waals surface area contributed by atoms with E-state index in [1.165, 1.54) is 22.2 Å². The molecule has 1 heterocycles. The van der Waals surface area contributed by atoms with Gasteiger partial charge in [-0.15, -0.1) is 6.42 Å². The van der Waals surface area contributed by atoms with Crippen molar-refractivity contribution in [2.45, 2.75) is 13.8 Å². The minimum atomic E-state index is 0.953. The second kappa shape index (κ2) is 3.90. The summed E-state index contributed by atoms with van der Waals surface area (Å²) in [7, 11) is 2.07. The molecule has 0 radical (unpaired) electrons. The first-order valence-corrected chi connectivity index (χ1v) is 5.34. The van der Waals surface area contributed by atoms with E-state index in [1.807, 2.05) is 6.92 Å².